The maximum atomic E-state index is 5.83. The van der Waals surface area contributed by atoms with Crippen molar-refractivity contribution in [3.05, 3.63) is 23.8 Å². The zero-order chi connectivity index (χ0) is 10.6. The maximum Gasteiger partial charge on any atom is 0.123 e. The normalized spacial score (nSPS) is 12.3. The molecule has 1 rings (SSSR count). The Bertz CT molecular complexity index is 302. The fourth-order valence-corrected chi connectivity index (χ4v) is 1.26. The number of hydrogen-bond acceptors (Lipinski definition) is 4. The highest BCUT2D eigenvalue weighted by molar-refractivity contribution is 5.42. The van der Waals surface area contributed by atoms with Crippen molar-refractivity contribution >= 4 is 0 Å². The number of methoxy groups -OCH3 is 2. The highest BCUT2D eigenvalue weighted by Crippen LogP contribution is 2.27. The Kier molecular flexibility index (Phi) is 3.73. The molecule has 1 aromatic rings. The van der Waals surface area contributed by atoms with Crippen molar-refractivity contribution in [2.45, 2.75) is 6.04 Å². The van der Waals surface area contributed by atoms with E-state index in [1.165, 1.54) is 0 Å². The molecule has 0 aromatic heterocycles. The summed E-state index contributed by atoms with van der Waals surface area (Å²) in [5.74, 6) is 1.49. The van der Waals surface area contributed by atoms with Crippen LogP contribution in [0.1, 0.15) is 11.6 Å². The van der Waals surface area contributed by atoms with Gasteiger partial charge in [-0.2, -0.15) is 0 Å². The molecule has 0 aliphatic rings. The van der Waals surface area contributed by atoms with Gasteiger partial charge in [0.2, 0.25) is 0 Å². The van der Waals surface area contributed by atoms with E-state index < -0.39 is 0 Å². The molecular formula is C10H16N2O2. The first-order chi connectivity index (χ1) is 6.72. The number of rotatable bonds is 4. The van der Waals surface area contributed by atoms with E-state index in [1.54, 1.807) is 14.2 Å². The van der Waals surface area contributed by atoms with Crippen LogP contribution < -0.4 is 20.9 Å². The van der Waals surface area contributed by atoms with Crippen molar-refractivity contribution in [1.29, 1.82) is 0 Å². The van der Waals surface area contributed by atoms with E-state index in [4.69, 9.17) is 20.9 Å². The van der Waals surface area contributed by atoms with Gasteiger partial charge in [0.05, 0.1) is 14.2 Å². The minimum absolute atomic E-state index is 0.222. The zero-order valence-electron chi connectivity index (χ0n) is 8.49. The summed E-state index contributed by atoms with van der Waals surface area (Å²) in [4.78, 5) is 0. The van der Waals surface area contributed by atoms with Crippen LogP contribution in [0.15, 0.2) is 18.2 Å². The highest BCUT2D eigenvalue weighted by atomic mass is 16.5. The molecule has 0 radical (unpaired) electrons. The van der Waals surface area contributed by atoms with Gasteiger partial charge < -0.3 is 20.9 Å². The van der Waals surface area contributed by atoms with Crippen LogP contribution in [0.2, 0.25) is 0 Å². The van der Waals surface area contributed by atoms with E-state index in [1.807, 2.05) is 18.2 Å². The van der Waals surface area contributed by atoms with Crippen LogP contribution >= 0.6 is 0 Å². The standard InChI is InChI=1S/C10H16N2O2/c1-13-7-3-4-10(14-2)8(5-7)9(12)6-11/h3-5,9H,6,11-12H2,1-2H3/t9-/m1/s1. The predicted molar refractivity (Wildman–Crippen MR) is 55.5 cm³/mol. The Morgan fingerprint density at radius 1 is 1.29 bits per heavy atom. The summed E-state index contributed by atoms with van der Waals surface area (Å²) in [6, 6.07) is 5.27. The van der Waals surface area contributed by atoms with Crippen molar-refractivity contribution < 1.29 is 9.47 Å². The summed E-state index contributed by atoms with van der Waals surface area (Å²) in [7, 11) is 3.22. The zero-order valence-corrected chi connectivity index (χ0v) is 8.49. The van der Waals surface area contributed by atoms with Crippen molar-refractivity contribution in [3.63, 3.8) is 0 Å². The Balaban J connectivity index is 3.08. The second-order valence-electron chi connectivity index (χ2n) is 2.95. The molecular weight excluding hydrogens is 180 g/mol. The average molecular weight is 196 g/mol. The first-order valence-corrected chi connectivity index (χ1v) is 4.40. The number of benzene rings is 1. The quantitative estimate of drug-likeness (QED) is 0.742. The topological polar surface area (TPSA) is 70.5 Å². The lowest BCUT2D eigenvalue weighted by Gasteiger charge is -2.14. The van der Waals surface area contributed by atoms with Gasteiger partial charge in [0.1, 0.15) is 11.5 Å². The molecule has 14 heavy (non-hydrogen) atoms. The lowest BCUT2D eigenvalue weighted by molar-refractivity contribution is 0.395. The third-order valence-electron chi connectivity index (χ3n) is 2.09. The molecule has 0 bridgehead atoms. The van der Waals surface area contributed by atoms with Crippen LogP contribution in [-0.2, 0) is 0 Å². The van der Waals surface area contributed by atoms with Gasteiger partial charge in [-0.15, -0.1) is 0 Å². The van der Waals surface area contributed by atoms with Gasteiger partial charge in [-0.05, 0) is 18.2 Å². The van der Waals surface area contributed by atoms with Gasteiger partial charge in [-0.3, -0.25) is 0 Å². The summed E-state index contributed by atoms with van der Waals surface area (Å²) in [6.45, 7) is 0.378. The Morgan fingerprint density at radius 3 is 2.50 bits per heavy atom. The lowest BCUT2D eigenvalue weighted by atomic mass is 10.1. The van der Waals surface area contributed by atoms with E-state index in [2.05, 4.69) is 0 Å². The molecule has 4 nitrogen and oxygen atoms in total. The fourth-order valence-electron chi connectivity index (χ4n) is 1.26. The molecule has 4 heteroatoms. The Labute approximate surface area is 83.8 Å². The van der Waals surface area contributed by atoms with E-state index in [9.17, 15) is 0 Å². The third-order valence-corrected chi connectivity index (χ3v) is 2.09. The van der Waals surface area contributed by atoms with Gasteiger partial charge >= 0.3 is 0 Å². The molecule has 1 aromatic carbocycles. The predicted octanol–water partition coefficient (Wildman–Crippen LogP) is 0.662. The van der Waals surface area contributed by atoms with Gasteiger partial charge in [0.15, 0.2) is 0 Å². The van der Waals surface area contributed by atoms with Crippen LogP contribution in [0.4, 0.5) is 0 Å². The molecule has 0 aliphatic carbocycles. The second-order valence-corrected chi connectivity index (χ2v) is 2.95. The summed E-state index contributed by atoms with van der Waals surface area (Å²) < 4.78 is 10.3. The van der Waals surface area contributed by atoms with Crippen molar-refractivity contribution in [3.8, 4) is 11.5 Å². The largest absolute Gasteiger partial charge is 0.497 e. The average Bonchev–Trinajstić information content (AvgIpc) is 2.27. The summed E-state index contributed by atoms with van der Waals surface area (Å²) in [6.07, 6.45) is 0. The molecule has 0 saturated heterocycles. The van der Waals surface area contributed by atoms with Crippen LogP contribution in [0.3, 0.4) is 0 Å². The Hall–Kier alpha value is -1.26. The maximum absolute atomic E-state index is 5.83. The number of nitrogens with two attached hydrogens (primary N) is 2. The Morgan fingerprint density at radius 2 is 2.00 bits per heavy atom. The second kappa shape index (κ2) is 4.83. The fraction of sp³-hybridized carbons (Fsp3) is 0.400. The van der Waals surface area contributed by atoms with Gasteiger partial charge in [0.25, 0.3) is 0 Å². The molecule has 1 atom stereocenters. The molecule has 0 fully saturated rings. The lowest BCUT2D eigenvalue weighted by Crippen LogP contribution is -2.21. The van der Waals surface area contributed by atoms with Crippen molar-refractivity contribution in [2.24, 2.45) is 11.5 Å². The van der Waals surface area contributed by atoms with Crippen LogP contribution in [0.25, 0.3) is 0 Å². The van der Waals surface area contributed by atoms with Gasteiger partial charge in [-0.1, -0.05) is 0 Å². The molecule has 0 unspecified atom stereocenters. The van der Waals surface area contributed by atoms with Crippen molar-refractivity contribution in [2.75, 3.05) is 20.8 Å². The summed E-state index contributed by atoms with van der Waals surface area (Å²) in [5, 5.41) is 0. The molecule has 0 heterocycles. The molecule has 0 aliphatic heterocycles. The molecule has 0 spiro atoms. The van der Waals surface area contributed by atoms with Crippen LogP contribution in [0.5, 0.6) is 11.5 Å². The highest BCUT2D eigenvalue weighted by Gasteiger charge is 2.11. The van der Waals surface area contributed by atoms with E-state index in [-0.39, 0.29) is 6.04 Å². The van der Waals surface area contributed by atoms with E-state index >= 15 is 0 Å². The summed E-state index contributed by atoms with van der Waals surface area (Å²) in [5.41, 5.74) is 12.2. The summed E-state index contributed by atoms with van der Waals surface area (Å²) >= 11 is 0. The number of hydrogen-bond donors (Lipinski definition) is 2. The van der Waals surface area contributed by atoms with E-state index in [0.29, 0.717) is 6.54 Å². The first kappa shape index (κ1) is 10.8. The molecule has 0 amide bonds. The molecule has 78 valence electrons. The van der Waals surface area contributed by atoms with Crippen LogP contribution in [0, 0.1) is 0 Å². The monoisotopic (exact) mass is 196 g/mol. The van der Waals surface area contributed by atoms with Gasteiger partial charge in [0, 0.05) is 18.2 Å². The first-order valence-electron chi connectivity index (χ1n) is 4.40. The SMILES string of the molecule is COc1ccc(OC)c([C@H](N)CN)c1. The molecule has 4 N–H and O–H groups in total. The number of ether oxygens (including phenoxy) is 2. The molecule has 0 saturated carbocycles. The van der Waals surface area contributed by atoms with Gasteiger partial charge in [-0.25, -0.2) is 0 Å². The minimum atomic E-state index is -0.222. The van der Waals surface area contributed by atoms with E-state index in [0.717, 1.165) is 17.1 Å². The minimum Gasteiger partial charge on any atom is -0.497 e. The smallest absolute Gasteiger partial charge is 0.123 e. The third kappa shape index (κ3) is 2.16. The van der Waals surface area contributed by atoms with Crippen molar-refractivity contribution in [1.82, 2.24) is 0 Å². The van der Waals surface area contributed by atoms with Crippen LogP contribution in [-0.4, -0.2) is 20.8 Å².